The molecule has 0 radical (unpaired) electrons. The first-order chi connectivity index (χ1) is 9.35. The summed E-state index contributed by atoms with van der Waals surface area (Å²) in [6, 6.07) is 0. The third-order valence-corrected chi connectivity index (χ3v) is 3.95. The first kappa shape index (κ1) is 19.3. The third-order valence-electron chi connectivity index (χ3n) is 1.94. The first-order valence-corrected chi connectivity index (χ1v) is 9.28. The largest absolute Gasteiger partial charge is 0.444 e. The Balaban J connectivity index is 3.47. The zero-order valence-corrected chi connectivity index (χ0v) is 14.8. The minimum absolute atomic E-state index is 0.0613. The summed E-state index contributed by atoms with van der Waals surface area (Å²) in [7, 11) is 1.59. The summed E-state index contributed by atoms with van der Waals surface area (Å²) in [4.78, 5) is 22.7. The minimum Gasteiger partial charge on any atom is -0.444 e. The van der Waals surface area contributed by atoms with Crippen LogP contribution in [0.15, 0.2) is 0 Å². The van der Waals surface area contributed by atoms with Gasteiger partial charge in [0, 0.05) is 20.2 Å². The first-order valence-electron chi connectivity index (χ1n) is 6.51. The second-order valence-corrected chi connectivity index (χ2v) is 7.25. The van der Waals surface area contributed by atoms with Crippen LogP contribution in [0.5, 0.6) is 0 Å². The molecule has 0 spiro atoms. The van der Waals surface area contributed by atoms with Gasteiger partial charge in [0.15, 0.2) is 0 Å². The highest BCUT2D eigenvalue weighted by Crippen LogP contribution is 2.06. The van der Waals surface area contributed by atoms with Crippen LogP contribution >= 0.6 is 20.7 Å². The van der Waals surface area contributed by atoms with Crippen LogP contribution in [0.1, 0.15) is 33.6 Å². The predicted molar refractivity (Wildman–Crippen MR) is 88.4 cm³/mol. The molecule has 0 unspecified atom stereocenters. The molecule has 0 aromatic carbocycles. The van der Waals surface area contributed by atoms with Crippen LogP contribution in [0.25, 0.3) is 0 Å². The summed E-state index contributed by atoms with van der Waals surface area (Å²) in [6.07, 6.45) is 1.23. The number of alkyl halides is 1. The van der Waals surface area contributed by atoms with Gasteiger partial charge < -0.3 is 20.1 Å². The average Bonchev–Trinajstić information content (AvgIpc) is 2.31. The number of carbonyl (C=O) groups is 2. The maximum Gasteiger partial charge on any atom is 0.407 e. The van der Waals surface area contributed by atoms with Crippen molar-refractivity contribution < 1.29 is 19.1 Å². The van der Waals surface area contributed by atoms with Crippen molar-refractivity contribution in [3.8, 4) is 0 Å². The molecule has 0 aromatic rings. The van der Waals surface area contributed by atoms with Gasteiger partial charge in [-0.05, 0) is 33.6 Å². The number of methoxy groups -OCH3 is 1. The summed E-state index contributed by atoms with van der Waals surface area (Å²) < 4.78 is 12.2. The van der Waals surface area contributed by atoms with E-state index in [1.54, 1.807) is 11.3 Å². The highest BCUT2D eigenvalue weighted by Gasteiger charge is 2.15. The Bertz CT molecular complexity index is 327. The van der Waals surface area contributed by atoms with Gasteiger partial charge in [-0.2, -0.15) is 0 Å². The maximum atomic E-state index is 11.4. The summed E-state index contributed by atoms with van der Waals surface area (Å²) in [5.74, 6) is 0.0613. The van der Waals surface area contributed by atoms with Crippen LogP contribution < -0.4 is 10.6 Å². The normalized spacial score (nSPS) is 11.8. The van der Waals surface area contributed by atoms with E-state index < -0.39 is 11.7 Å². The van der Waals surface area contributed by atoms with Gasteiger partial charge in [0.2, 0.25) is 5.91 Å². The number of unbranched alkanes of at least 4 members (excludes halogenated alkanes) is 1. The lowest BCUT2D eigenvalue weighted by Crippen LogP contribution is -2.33. The molecule has 20 heavy (non-hydrogen) atoms. The molecule has 0 rings (SSSR count). The van der Waals surface area contributed by atoms with Crippen molar-refractivity contribution in [1.82, 2.24) is 10.6 Å². The van der Waals surface area contributed by atoms with Gasteiger partial charge in [-0.3, -0.25) is 4.79 Å². The number of halogens is 1. The van der Waals surface area contributed by atoms with Gasteiger partial charge in [-0.15, -0.1) is 0 Å². The van der Waals surface area contributed by atoms with Gasteiger partial charge in [0.1, 0.15) is 5.60 Å². The molecular formula is C13H25IN2O4. The van der Waals surface area contributed by atoms with Gasteiger partial charge in [0.05, 0.1) is 8.63 Å². The number of hydrogen-bond acceptors (Lipinski definition) is 4. The zero-order valence-electron chi connectivity index (χ0n) is 12.6. The van der Waals surface area contributed by atoms with E-state index in [9.17, 15) is 9.59 Å². The van der Waals surface area contributed by atoms with E-state index in [4.69, 9.17) is 9.47 Å². The highest BCUT2D eigenvalue weighted by atomic mass is 127. The third kappa shape index (κ3) is 13.7. The fourth-order valence-electron chi connectivity index (χ4n) is 1.19. The summed E-state index contributed by atoms with van der Waals surface area (Å²) >= 11 is -0.300. The molecule has 0 bridgehead atoms. The lowest BCUT2D eigenvalue weighted by atomic mass is 10.2. The summed E-state index contributed by atoms with van der Waals surface area (Å²) in [5.41, 5.74) is -0.472. The van der Waals surface area contributed by atoms with Crippen molar-refractivity contribution in [2.45, 2.75) is 39.2 Å². The van der Waals surface area contributed by atoms with Gasteiger partial charge in [-0.25, -0.2) is 4.79 Å². The Morgan fingerprint density at radius 1 is 1.15 bits per heavy atom. The molecule has 0 aromatic heterocycles. The van der Waals surface area contributed by atoms with Crippen LogP contribution in [0.4, 0.5) is 4.79 Å². The molecule has 118 valence electrons. The van der Waals surface area contributed by atoms with Crippen LogP contribution in [0.2, 0.25) is 0 Å². The molecule has 0 heterocycles. The van der Waals surface area contributed by atoms with Crippen LogP contribution in [-0.2, 0) is 14.3 Å². The van der Waals surface area contributed by atoms with Crippen molar-refractivity contribution in [1.29, 1.82) is 0 Å². The number of nitrogens with one attached hydrogen (secondary N) is 2. The maximum absolute atomic E-state index is 11.4. The number of carbonyl (C=O) groups excluding carboxylic acids is 2. The van der Waals surface area contributed by atoms with Crippen molar-refractivity contribution in [3.05, 3.63) is 0 Å². The average molecular weight is 400 g/mol. The van der Waals surface area contributed by atoms with E-state index in [-0.39, 0.29) is 26.6 Å². The van der Waals surface area contributed by atoms with Crippen molar-refractivity contribution in [2.24, 2.45) is 0 Å². The Morgan fingerprint density at radius 3 is 2.30 bits per heavy atom. The van der Waals surface area contributed by atoms with Crippen molar-refractivity contribution >= 4 is 36.9 Å². The van der Waals surface area contributed by atoms with E-state index >= 15 is 0 Å². The minimum atomic E-state index is -0.472. The van der Waals surface area contributed by atoms with Gasteiger partial charge in [-0.1, -0.05) is 20.7 Å². The van der Waals surface area contributed by atoms with E-state index in [2.05, 4.69) is 10.6 Å². The van der Waals surface area contributed by atoms with Crippen molar-refractivity contribution in [2.75, 3.05) is 24.6 Å². The van der Waals surface area contributed by atoms with Gasteiger partial charge in [0.25, 0.3) is 0 Å². The van der Waals surface area contributed by atoms with E-state index in [1.165, 1.54) is 0 Å². The molecule has 0 aliphatic heterocycles. The second-order valence-electron chi connectivity index (χ2n) is 5.10. The number of alkyl carbamates (subject to hydrolysis) is 1. The molecule has 0 saturated carbocycles. The smallest absolute Gasteiger partial charge is 0.407 e. The highest BCUT2D eigenvalue weighted by molar-refractivity contribution is 14.2. The lowest BCUT2D eigenvalue weighted by molar-refractivity contribution is -0.118. The quantitative estimate of drug-likeness (QED) is 0.370. The van der Waals surface area contributed by atoms with Gasteiger partial charge >= 0.3 is 6.09 Å². The molecule has 2 amide bonds. The fraction of sp³-hybridized carbons (Fsp3) is 0.769. The van der Waals surface area contributed by atoms with Crippen LogP contribution in [-0.4, -0.2) is 46.4 Å². The van der Waals surface area contributed by atoms with Crippen LogP contribution in [0, 0.1) is 0 Å². The molecule has 0 aliphatic carbocycles. The fourth-order valence-corrected chi connectivity index (χ4v) is 2.40. The monoisotopic (exact) mass is 400 g/mol. The van der Waals surface area contributed by atoms with Crippen molar-refractivity contribution in [3.63, 3.8) is 0 Å². The number of hydrogen-bond donors (Lipinski definition) is 2. The molecule has 0 aliphatic rings. The number of amides is 2. The van der Waals surface area contributed by atoms with E-state index in [0.29, 0.717) is 17.5 Å². The topological polar surface area (TPSA) is 76.7 Å². The molecule has 7 heteroatoms. The summed E-state index contributed by atoms with van der Waals surface area (Å²) in [5, 5.41) is 5.52. The lowest BCUT2D eigenvalue weighted by Gasteiger charge is -2.19. The van der Waals surface area contributed by atoms with E-state index in [1.807, 2.05) is 20.8 Å². The summed E-state index contributed by atoms with van der Waals surface area (Å²) in [6.45, 7) is 6.66. The Morgan fingerprint density at radius 2 is 1.75 bits per heavy atom. The van der Waals surface area contributed by atoms with E-state index in [0.717, 1.165) is 12.8 Å². The zero-order chi connectivity index (χ0) is 15.4. The number of ether oxygens (including phenoxy) is 2. The predicted octanol–water partition coefficient (Wildman–Crippen LogP) is 1.78. The standard InChI is InChI=1S/C13H25IN2O4/c1-13(2,3)20-12(18)16-8-6-5-7-15-11(17)9-14-10-19-4/h10H,5-9H2,1-4H3,(H,15,17)(H,16,18). The Hall–Kier alpha value is -0.700. The molecule has 0 fully saturated rings. The second kappa shape index (κ2) is 11.0. The Labute approximate surface area is 130 Å². The molecule has 2 N–H and O–H groups in total. The molecular weight excluding hydrogens is 375 g/mol. The Kier molecular flexibility index (Phi) is 10.6. The number of rotatable bonds is 8. The SMILES string of the molecule is COC=ICC(=O)NCCCCNC(=O)OC(C)(C)C. The molecule has 0 saturated heterocycles. The molecule has 6 nitrogen and oxygen atoms in total. The molecule has 0 atom stereocenters. The van der Waals surface area contributed by atoms with Crippen LogP contribution in [0.3, 0.4) is 0 Å².